The lowest BCUT2D eigenvalue weighted by atomic mass is 9.74. The van der Waals surface area contributed by atoms with Crippen LogP contribution >= 0.6 is 0 Å². The molecule has 0 saturated carbocycles. The van der Waals surface area contributed by atoms with E-state index < -0.39 is 0 Å². The summed E-state index contributed by atoms with van der Waals surface area (Å²) in [4.78, 5) is 6.96. The minimum absolute atomic E-state index is 0.387. The van der Waals surface area contributed by atoms with Crippen LogP contribution < -0.4 is 4.90 Å². The van der Waals surface area contributed by atoms with Gasteiger partial charge >= 0.3 is 0 Å². The summed E-state index contributed by atoms with van der Waals surface area (Å²) in [6, 6.07) is 16.9. The fourth-order valence-corrected chi connectivity index (χ4v) is 3.69. The molecule has 1 aliphatic heterocycles. The highest BCUT2D eigenvalue weighted by Gasteiger charge is 2.37. The molecular formula is C20H21N5. The number of fused-ring (bicyclic) bond motifs is 1. The van der Waals surface area contributed by atoms with E-state index in [-0.39, 0.29) is 5.41 Å². The number of nitrogens with zero attached hydrogens (tertiary/aromatic N) is 5. The number of hydrogen-bond acceptors (Lipinski definition) is 4. The number of rotatable bonds is 3. The first kappa shape index (κ1) is 15.6. The maximum atomic E-state index is 9.88. The summed E-state index contributed by atoms with van der Waals surface area (Å²) in [5.74, 6) is 1.08. The average molecular weight is 331 g/mol. The van der Waals surface area contributed by atoms with E-state index in [1.54, 1.807) is 6.20 Å². The van der Waals surface area contributed by atoms with Gasteiger partial charge in [0.05, 0.1) is 17.7 Å². The van der Waals surface area contributed by atoms with Gasteiger partial charge in [-0.2, -0.15) is 14.9 Å². The van der Waals surface area contributed by atoms with E-state index in [4.69, 9.17) is 0 Å². The van der Waals surface area contributed by atoms with Crippen molar-refractivity contribution in [3.8, 4) is 6.07 Å². The summed E-state index contributed by atoms with van der Waals surface area (Å²) in [6.07, 6.45) is 4.33. The third-order valence-electron chi connectivity index (χ3n) is 5.24. The molecule has 5 heteroatoms. The van der Waals surface area contributed by atoms with Gasteiger partial charge in [-0.3, -0.25) is 0 Å². The van der Waals surface area contributed by atoms with Crippen LogP contribution in [0.15, 0.2) is 48.7 Å². The molecule has 1 saturated heterocycles. The van der Waals surface area contributed by atoms with Crippen molar-refractivity contribution in [2.45, 2.75) is 31.6 Å². The highest BCUT2D eigenvalue weighted by Crippen LogP contribution is 2.36. The molecule has 0 bridgehead atoms. The van der Waals surface area contributed by atoms with Crippen LogP contribution in [0, 0.1) is 11.3 Å². The summed E-state index contributed by atoms with van der Waals surface area (Å²) >= 11 is 0. The van der Waals surface area contributed by atoms with Crippen molar-refractivity contribution in [1.29, 1.82) is 5.26 Å². The van der Waals surface area contributed by atoms with Crippen molar-refractivity contribution < 1.29 is 0 Å². The van der Waals surface area contributed by atoms with Gasteiger partial charge in [-0.25, -0.2) is 4.98 Å². The van der Waals surface area contributed by atoms with E-state index in [9.17, 15) is 5.26 Å². The number of hydrogen-bond donors (Lipinski definition) is 0. The Kier molecular flexibility index (Phi) is 3.89. The second-order valence-electron chi connectivity index (χ2n) is 6.61. The molecule has 0 spiro atoms. The van der Waals surface area contributed by atoms with Gasteiger partial charge in [-0.15, -0.1) is 0 Å². The molecule has 0 N–H and O–H groups in total. The van der Waals surface area contributed by atoms with Gasteiger partial charge in [0.15, 0.2) is 5.65 Å². The van der Waals surface area contributed by atoms with Crippen LogP contribution in [0.5, 0.6) is 0 Å². The number of aromatic nitrogens is 3. The molecule has 0 atom stereocenters. The molecule has 4 rings (SSSR count). The molecule has 2 aromatic heterocycles. The number of nitriles is 1. The van der Waals surface area contributed by atoms with Crippen LogP contribution in [0.4, 0.5) is 5.82 Å². The Morgan fingerprint density at radius 1 is 1.16 bits per heavy atom. The van der Waals surface area contributed by atoms with E-state index in [0.29, 0.717) is 0 Å². The average Bonchev–Trinajstić information content (AvgIpc) is 3.16. The van der Waals surface area contributed by atoms with Crippen LogP contribution in [-0.4, -0.2) is 27.7 Å². The monoisotopic (exact) mass is 331 g/mol. The fourth-order valence-electron chi connectivity index (χ4n) is 3.69. The van der Waals surface area contributed by atoms with E-state index in [2.05, 4.69) is 46.2 Å². The molecular weight excluding hydrogens is 310 g/mol. The third-order valence-corrected chi connectivity index (χ3v) is 5.24. The second-order valence-corrected chi connectivity index (χ2v) is 6.61. The van der Waals surface area contributed by atoms with Gasteiger partial charge in [0.2, 0.25) is 0 Å². The summed E-state index contributed by atoms with van der Waals surface area (Å²) in [5.41, 5.74) is 2.70. The molecule has 5 nitrogen and oxygen atoms in total. The maximum Gasteiger partial charge on any atom is 0.157 e. The number of anilines is 1. The van der Waals surface area contributed by atoms with Crippen molar-refractivity contribution >= 4 is 11.5 Å². The Bertz CT molecular complexity index is 914. The van der Waals surface area contributed by atoms with Crippen molar-refractivity contribution in [2.24, 2.45) is 0 Å². The van der Waals surface area contributed by atoms with Crippen LogP contribution in [0.25, 0.3) is 5.65 Å². The number of piperidine rings is 1. The van der Waals surface area contributed by atoms with Crippen molar-refractivity contribution in [2.75, 3.05) is 18.0 Å². The second kappa shape index (κ2) is 6.21. The van der Waals surface area contributed by atoms with Gasteiger partial charge in [0.1, 0.15) is 5.82 Å². The van der Waals surface area contributed by atoms with Gasteiger partial charge in [0, 0.05) is 30.9 Å². The molecule has 1 aromatic carbocycles. The Morgan fingerprint density at radius 3 is 2.60 bits per heavy atom. The maximum absolute atomic E-state index is 9.88. The largest absolute Gasteiger partial charge is 0.356 e. The van der Waals surface area contributed by atoms with E-state index in [1.165, 1.54) is 0 Å². The standard InChI is InChI=1S/C20H21N5/c1-2-17-14-19(25-18(23-17)8-11-22-25)24-12-9-20(15-21,10-13-24)16-6-4-3-5-7-16/h3-8,11,14H,2,9-10,12-13H2,1H3. The van der Waals surface area contributed by atoms with Gasteiger partial charge in [0.25, 0.3) is 0 Å². The van der Waals surface area contributed by atoms with Crippen LogP contribution in [-0.2, 0) is 11.8 Å². The number of aryl methyl sites for hydroxylation is 1. The highest BCUT2D eigenvalue weighted by atomic mass is 15.3. The molecule has 0 unspecified atom stereocenters. The molecule has 126 valence electrons. The van der Waals surface area contributed by atoms with Crippen LogP contribution in [0.2, 0.25) is 0 Å². The summed E-state index contributed by atoms with van der Waals surface area (Å²) < 4.78 is 1.90. The minimum Gasteiger partial charge on any atom is -0.356 e. The molecule has 3 aromatic rings. The molecule has 0 amide bonds. The lowest BCUT2D eigenvalue weighted by Gasteiger charge is -2.38. The van der Waals surface area contributed by atoms with Gasteiger partial charge in [-0.05, 0) is 24.8 Å². The first-order chi connectivity index (χ1) is 12.3. The first-order valence-corrected chi connectivity index (χ1v) is 8.81. The Hall–Kier alpha value is -2.87. The third kappa shape index (κ3) is 2.64. The summed E-state index contributed by atoms with van der Waals surface area (Å²) in [5, 5.41) is 14.3. The Morgan fingerprint density at radius 2 is 1.92 bits per heavy atom. The molecule has 0 aliphatic carbocycles. The topological polar surface area (TPSA) is 57.2 Å². The highest BCUT2D eigenvalue weighted by molar-refractivity contribution is 5.52. The summed E-state index contributed by atoms with van der Waals surface area (Å²) in [7, 11) is 0. The van der Waals surface area contributed by atoms with Crippen LogP contribution in [0.3, 0.4) is 0 Å². The first-order valence-electron chi connectivity index (χ1n) is 8.81. The molecule has 0 radical (unpaired) electrons. The predicted molar refractivity (Wildman–Crippen MR) is 97.5 cm³/mol. The van der Waals surface area contributed by atoms with Gasteiger partial charge in [-0.1, -0.05) is 37.3 Å². The van der Waals surface area contributed by atoms with Crippen molar-refractivity contribution in [1.82, 2.24) is 14.6 Å². The normalized spacial score (nSPS) is 16.7. The van der Waals surface area contributed by atoms with E-state index >= 15 is 0 Å². The van der Waals surface area contributed by atoms with Crippen LogP contribution in [0.1, 0.15) is 31.0 Å². The SMILES string of the molecule is CCc1cc(N2CCC(C#N)(c3ccccc3)CC2)n2nccc2n1. The quantitative estimate of drug-likeness (QED) is 0.738. The number of benzene rings is 1. The van der Waals surface area contributed by atoms with E-state index in [1.807, 2.05) is 28.8 Å². The molecule has 3 heterocycles. The lowest BCUT2D eigenvalue weighted by Crippen LogP contribution is -2.42. The molecule has 25 heavy (non-hydrogen) atoms. The van der Waals surface area contributed by atoms with E-state index in [0.717, 1.165) is 55.1 Å². The fraction of sp³-hybridized carbons (Fsp3) is 0.350. The summed E-state index contributed by atoms with van der Waals surface area (Å²) in [6.45, 7) is 3.79. The lowest BCUT2D eigenvalue weighted by molar-refractivity contribution is 0.412. The Balaban J connectivity index is 1.64. The van der Waals surface area contributed by atoms with Crippen molar-refractivity contribution in [3.63, 3.8) is 0 Å². The Labute approximate surface area is 147 Å². The smallest absolute Gasteiger partial charge is 0.157 e. The van der Waals surface area contributed by atoms with Crippen molar-refractivity contribution in [3.05, 3.63) is 59.9 Å². The zero-order chi connectivity index (χ0) is 17.3. The zero-order valence-corrected chi connectivity index (χ0v) is 14.4. The minimum atomic E-state index is -0.387. The van der Waals surface area contributed by atoms with Gasteiger partial charge < -0.3 is 4.90 Å². The molecule has 1 aliphatic rings. The molecule has 1 fully saturated rings. The predicted octanol–water partition coefficient (Wildman–Crippen LogP) is 3.35. The zero-order valence-electron chi connectivity index (χ0n) is 14.4.